The number of methoxy groups -OCH3 is 1. The van der Waals surface area contributed by atoms with Gasteiger partial charge in [-0.2, -0.15) is 0 Å². The van der Waals surface area contributed by atoms with Gasteiger partial charge < -0.3 is 19.9 Å². The van der Waals surface area contributed by atoms with Crippen LogP contribution in [0.2, 0.25) is 0 Å². The number of aromatic nitrogens is 1. The number of esters is 1. The first-order valence-electron chi connectivity index (χ1n) is 12.0. The standard InChI is InChI=1S/C29H29N3O5S/c1-4-36-28(33)21-11-14-25(26(16-21)35-3)37-17-22-18-38-27(31-22)15-20-9-12-23(13-10-20)32(29(30)34)24-8-6-5-7-19(24)2/h5-14,16,18H,4,15,17H2,1-3H3,(H2,30,34). The van der Waals surface area contributed by atoms with Crippen molar-refractivity contribution in [3.05, 3.63) is 99.5 Å². The van der Waals surface area contributed by atoms with E-state index in [9.17, 15) is 9.59 Å². The fourth-order valence-corrected chi connectivity index (χ4v) is 4.73. The Hall–Kier alpha value is -4.37. The summed E-state index contributed by atoms with van der Waals surface area (Å²) in [4.78, 5) is 30.4. The first-order valence-corrected chi connectivity index (χ1v) is 12.9. The number of benzene rings is 3. The maximum atomic E-state index is 12.2. The molecule has 4 rings (SSSR count). The second-order valence-electron chi connectivity index (χ2n) is 8.41. The predicted molar refractivity (Wildman–Crippen MR) is 148 cm³/mol. The maximum absolute atomic E-state index is 12.2. The number of hydrogen-bond acceptors (Lipinski definition) is 7. The quantitative estimate of drug-likeness (QED) is 0.251. The molecule has 0 atom stereocenters. The molecule has 0 bridgehead atoms. The molecule has 0 aliphatic rings. The molecule has 4 aromatic rings. The van der Waals surface area contributed by atoms with Crippen LogP contribution in [0.15, 0.2) is 72.1 Å². The minimum absolute atomic E-state index is 0.258. The minimum Gasteiger partial charge on any atom is -0.493 e. The number of urea groups is 1. The van der Waals surface area contributed by atoms with Gasteiger partial charge in [-0.3, -0.25) is 4.90 Å². The number of carbonyl (C=O) groups is 2. The Morgan fingerprint density at radius 2 is 1.79 bits per heavy atom. The van der Waals surface area contributed by atoms with Crippen LogP contribution in [0.1, 0.15) is 39.1 Å². The van der Waals surface area contributed by atoms with Gasteiger partial charge in [0.25, 0.3) is 0 Å². The highest BCUT2D eigenvalue weighted by Crippen LogP contribution is 2.30. The lowest BCUT2D eigenvalue weighted by Gasteiger charge is -2.22. The number of thiazole rings is 1. The van der Waals surface area contributed by atoms with E-state index in [0.29, 0.717) is 35.8 Å². The Balaban J connectivity index is 1.40. The van der Waals surface area contributed by atoms with Crippen LogP contribution in [0.25, 0.3) is 0 Å². The summed E-state index contributed by atoms with van der Waals surface area (Å²) in [7, 11) is 1.52. The van der Waals surface area contributed by atoms with Gasteiger partial charge in [-0.25, -0.2) is 14.6 Å². The van der Waals surface area contributed by atoms with Crippen LogP contribution in [-0.4, -0.2) is 30.7 Å². The first kappa shape index (κ1) is 26.7. The smallest absolute Gasteiger partial charge is 0.338 e. The molecule has 196 valence electrons. The van der Waals surface area contributed by atoms with Gasteiger partial charge in [0.05, 0.1) is 41.4 Å². The van der Waals surface area contributed by atoms with Crippen LogP contribution in [0.3, 0.4) is 0 Å². The minimum atomic E-state index is -0.538. The van der Waals surface area contributed by atoms with E-state index in [1.807, 2.05) is 60.8 Å². The zero-order chi connectivity index (χ0) is 27.1. The van der Waals surface area contributed by atoms with Gasteiger partial charge in [0.1, 0.15) is 6.61 Å². The SMILES string of the molecule is CCOC(=O)c1ccc(OCc2csc(Cc3ccc(N(C(N)=O)c4ccccc4C)cc3)n2)c(OC)c1. The summed E-state index contributed by atoms with van der Waals surface area (Å²) in [6.45, 7) is 4.26. The normalized spacial score (nSPS) is 10.6. The van der Waals surface area contributed by atoms with Gasteiger partial charge in [-0.05, 0) is 61.4 Å². The monoisotopic (exact) mass is 531 g/mol. The van der Waals surface area contributed by atoms with Gasteiger partial charge in [0, 0.05) is 11.8 Å². The van der Waals surface area contributed by atoms with Crippen LogP contribution < -0.4 is 20.1 Å². The van der Waals surface area contributed by atoms with Crippen LogP contribution in [-0.2, 0) is 17.8 Å². The first-order chi connectivity index (χ1) is 18.4. The van der Waals surface area contributed by atoms with E-state index >= 15 is 0 Å². The lowest BCUT2D eigenvalue weighted by molar-refractivity contribution is 0.0526. The van der Waals surface area contributed by atoms with Crippen molar-refractivity contribution >= 4 is 34.7 Å². The lowest BCUT2D eigenvalue weighted by Crippen LogP contribution is -2.31. The molecule has 1 aromatic heterocycles. The molecule has 2 amide bonds. The van der Waals surface area contributed by atoms with Gasteiger partial charge >= 0.3 is 12.0 Å². The second-order valence-corrected chi connectivity index (χ2v) is 9.35. The number of para-hydroxylation sites is 1. The van der Waals surface area contributed by atoms with Crippen molar-refractivity contribution in [3.8, 4) is 11.5 Å². The van der Waals surface area contributed by atoms with Crippen molar-refractivity contribution in [2.24, 2.45) is 5.73 Å². The third-order valence-corrected chi connectivity index (χ3v) is 6.67. The van der Waals surface area contributed by atoms with Gasteiger partial charge in [0.15, 0.2) is 11.5 Å². The molecule has 1 heterocycles. The number of anilines is 2. The Morgan fingerprint density at radius 3 is 2.47 bits per heavy atom. The Bertz CT molecular complexity index is 1420. The van der Waals surface area contributed by atoms with Gasteiger partial charge in [0.2, 0.25) is 0 Å². The highest BCUT2D eigenvalue weighted by atomic mass is 32.1. The summed E-state index contributed by atoms with van der Waals surface area (Å²) in [6.07, 6.45) is 0.642. The van der Waals surface area contributed by atoms with Crippen LogP contribution >= 0.6 is 11.3 Å². The molecule has 0 spiro atoms. The molecule has 2 N–H and O–H groups in total. The van der Waals surface area contributed by atoms with Crippen LogP contribution in [0, 0.1) is 6.92 Å². The average molecular weight is 532 g/mol. The molecule has 0 saturated heterocycles. The number of rotatable bonds is 10. The highest BCUT2D eigenvalue weighted by Gasteiger charge is 2.17. The van der Waals surface area contributed by atoms with Crippen LogP contribution in [0.5, 0.6) is 11.5 Å². The van der Waals surface area contributed by atoms with Crippen molar-refractivity contribution in [1.82, 2.24) is 4.98 Å². The van der Waals surface area contributed by atoms with Crippen molar-refractivity contribution in [1.29, 1.82) is 0 Å². The molecule has 0 aliphatic heterocycles. The molecule has 0 radical (unpaired) electrons. The Labute approximate surface area is 225 Å². The summed E-state index contributed by atoms with van der Waals surface area (Å²) in [6, 6.07) is 19.7. The maximum Gasteiger partial charge on any atom is 0.338 e. The van der Waals surface area contributed by atoms with Crippen molar-refractivity contribution < 1.29 is 23.8 Å². The highest BCUT2D eigenvalue weighted by molar-refractivity contribution is 7.09. The molecule has 0 aliphatic carbocycles. The molecule has 0 saturated carbocycles. The number of primary amides is 1. The number of amides is 2. The molecule has 0 unspecified atom stereocenters. The van der Waals surface area contributed by atoms with Gasteiger partial charge in [-0.15, -0.1) is 11.3 Å². The number of ether oxygens (including phenoxy) is 3. The molecule has 9 heteroatoms. The largest absolute Gasteiger partial charge is 0.493 e. The Kier molecular flexibility index (Phi) is 8.60. The van der Waals surface area contributed by atoms with E-state index in [0.717, 1.165) is 27.5 Å². The lowest BCUT2D eigenvalue weighted by atomic mass is 10.1. The third-order valence-electron chi connectivity index (χ3n) is 5.78. The summed E-state index contributed by atoms with van der Waals surface area (Å²) < 4.78 is 16.3. The number of aryl methyl sites for hydroxylation is 1. The summed E-state index contributed by atoms with van der Waals surface area (Å²) in [5, 5.41) is 2.89. The molecule has 0 fully saturated rings. The zero-order valence-electron chi connectivity index (χ0n) is 21.5. The van der Waals surface area contributed by atoms with Crippen molar-refractivity contribution in [2.75, 3.05) is 18.6 Å². The number of carbonyl (C=O) groups excluding carboxylic acids is 2. The van der Waals surface area contributed by atoms with Gasteiger partial charge in [-0.1, -0.05) is 30.3 Å². The molecular weight excluding hydrogens is 502 g/mol. The van der Waals surface area contributed by atoms with E-state index in [4.69, 9.17) is 19.9 Å². The van der Waals surface area contributed by atoms with Crippen LogP contribution in [0.4, 0.5) is 16.2 Å². The molecule has 38 heavy (non-hydrogen) atoms. The molecule has 3 aromatic carbocycles. The van der Waals surface area contributed by atoms with Crippen molar-refractivity contribution in [2.45, 2.75) is 26.9 Å². The van der Waals surface area contributed by atoms with E-state index in [1.54, 1.807) is 36.5 Å². The summed E-state index contributed by atoms with van der Waals surface area (Å²) in [5.74, 6) is 0.548. The van der Waals surface area contributed by atoms with E-state index in [1.165, 1.54) is 12.0 Å². The zero-order valence-corrected chi connectivity index (χ0v) is 22.3. The summed E-state index contributed by atoms with van der Waals surface area (Å²) in [5.41, 5.74) is 10.4. The molecular formula is C29H29N3O5S. The predicted octanol–water partition coefficient (Wildman–Crippen LogP) is 6.02. The number of nitrogens with zero attached hydrogens (tertiary/aromatic N) is 2. The number of nitrogens with two attached hydrogens (primary N) is 1. The number of hydrogen-bond donors (Lipinski definition) is 1. The average Bonchev–Trinajstić information content (AvgIpc) is 3.36. The van der Waals surface area contributed by atoms with Crippen molar-refractivity contribution in [3.63, 3.8) is 0 Å². The fourth-order valence-electron chi connectivity index (χ4n) is 3.91. The van der Waals surface area contributed by atoms with E-state index < -0.39 is 12.0 Å². The summed E-state index contributed by atoms with van der Waals surface area (Å²) >= 11 is 1.55. The van der Waals surface area contributed by atoms with E-state index in [-0.39, 0.29) is 6.61 Å². The van der Waals surface area contributed by atoms with E-state index in [2.05, 4.69) is 4.98 Å². The third kappa shape index (κ3) is 6.30. The second kappa shape index (κ2) is 12.2. The topological polar surface area (TPSA) is 104 Å². The Morgan fingerprint density at radius 1 is 1.03 bits per heavy atom. The molecule has 8 nitrogen and oxygen atoms in total. The fraction of sp³-hybridized carbons (Fsp3) is 0.207.